The summed E-state index contributed by atoms with van der Waals surface area (Å²) in [5.74, 6) is 4.81. The van der Waals surface area contributed by atoms with Crippen LogP contribution in [0.3, 0.4) is 0 Å². The zero-order valence-electron chi connectivity index (χ0n) is 18.5. The van der Waals surface area contributed by atoms with Crippen LogP contribution in [0.4, 0.5) is 0 Å². The van der Waals surface area contributed by atoms with Gasteiger partial charge in [0.2, 0.25) is 0 Å². The molecule has 2 heteroatoms. The predicted octanol–water partition coefficient (Wildman–Crippen LogP) is 7.13. The van der Waals surface area contributed by atoms with Gasteiger partial charge in [-0.2, -0.15) is 12.6 Å². The van der Waals surface area contributed by atoms with Gasteiger partial charge >= 0.3 is 0 Å². The van der Waals surface area contributed by atoms with Crippen molar-refractivity contribution in [3.8, 4) is 0 Å². The molecule has 0 bridgehead atoms. The molecule has 3 aliphatic rings. The van der Waals surface area contributed by atoms with Crippen LogP contribution in [0.25, 0.3) is 0 Å². The Morgan fingerprint density at radius 2 is 1.81 bits per heavy atom. The van der Waals surface area contributed by atoms with E-state index in [4.69, 9.17) is 0 Å². The maximum absolute atomic E-state index is 11.1. The quantitative estimate of drug-likeness (QED) is 0.440. The summed E-state index contributed by atoms with van der Waals surface area (Å²) in [5, 5.41) is 11.6. The highest BCUT2D eigenvalue weighted by atomic mass is 32.1. The van der Waals surface area contributed by atoms with E-state index in [0.717, 1.165) is 36.0 Å². The summed E-state index contributed by atoms with van der Waals surface area (Å²) in [6.07, 6.45) is 16.2. The minimum Gasteiger partial charge on any atom is -0.393 e. The summed E-state index contributed by atoms with van der Waals surface area (Å²) in [7, 11) is 0. The van der Waals surface area contributed by atoms with Crippen molar-refractivity contribution < 1.29 is 5.11 Å². The van der Waals surface area contributed by atoms with Gasteiger partial charge in [-0.05, 0) is 84.7 Å². The predicted molar refractivity (Wildman–Crippen MR) is 120 cm³/mol. The Bertz CT molecular complexity index is 463. The molecule has 1 nitrogen and oxygen atoms in total. The van der Waals surface area contributed by atoms with Crippen LogP contribution in [-0.4, -0.2) is 16.5 Å². The summed E-state index contributed by atoms with van der Waals surface area (Å²) < 4.78 is 0. The van der Waals surface area contributed by atoms with E-state index in [2.05, 4.69) is 40.3 Å². The molecule has 0 radical (unpaired) electrons. The highest BCUT2D eigenvalue weighted by molar-refractivity contribution is 7.80. The molecule has 0 heterocycles. The highest BCUT2D eigenvalue weighted by Crippen LogP contribution is 2.61. The van der Waals surface area contributed by atoms with Gasteiger partial charge in [-0.25, -0.2) is 0 Å². The zero-order valence-corrected chi connectivity index (χ0v) is 19.4. The maximum atomic E-state index is 11.1. The zero-order chi connectivity index (χ0) is 19.6. The van der Waals surface area contributed by atoms with Crippen molar-refractivity contribution in [2.75, 3.05) is 0 Å². The molecule has 3 saturated carbocycles. The lowest BCUT2D eigenvalue weighted by Gasteiger charge is -2.60. The second-order valence-electron chi connectivity index (χ2n) is 11.2. The fourth-order valence-electron chi connectivity index (χ4n) is 7.35. The highest BCUT2D eigenvalue weighted by Gasteiger charge is 2.55. The van der Waals surface area contributed by atoms with Gasteiger partial charge in [0.05, 0.1) is 6.10 Å². The first kappa shape index (κ1) is 22.0. The number of hydrogen-bond donors (Lipinski definition) is 2. The van der Waals surface area contributed by atoms with Crippen LogP contribution in [-0.2, 0) is 0 Å². The number of hydrogen-bond acceptors (Lipinski definition) is 2. The van der Waals surface area contributed by atoms with E-state index in [9.17, 15) is 5.11 Å². The van der Waals surface area contributed by atoms with Crippen LogP contribution < -0.4 is 0 Å². The van der Waals surface area contributed by atoms with Crippen molar-refractivity contribution in [3.63, 3.8) is 0 Å². The van der Waals surface area contributed by atoms with Crippen molar-refractivity contribution >= 4 is 12.6 Å². The Kier molecular flexibility index (Phi) is 7.67. The summed E-state index contributed by atoms with van der Waals surface area (Å²) in [5.41, 5.74) is 0.420. The van der Waals surface area contributed by atoms with Crippen LogP contribution in [0.15, 0.2) is 0 Å². The molecule has 158 valence electrons. The van der Waals surface area contributed by atoms with Crippen molar-refractivity contribution in [2.24, 2.45) is 40.9 Å². The average Bonchev–Trinajstić information content (AvgIpc) is 2.62. The normalized spacial score (nSPS) is 44.2. The van der Waals surface area contributed by atoms with Crippen molar-refractivity contribution in [1.82, 2.24) is 0 Å². The second kappa shape index (κ2) is 9.41. The average molecular weight is 395 g/mol. The van der Waals surface area contributed by atoms with Crippen LogP contribution >= 0.6 is 12.6 Å². The Morgan fingerprint density at radius 3 is 2.56 bits per heavy atom. The third-order valence-electron chi connectivity index (χ3n) is 9.07. The van der Waals surface area contributed by atoms with Crippen LogP contribution in [0, 0.1) is 40.9 Å². The Balaban J connectivity index is 1.56. The summed E-state index contributed by atoms with van der Waals surface area (Å²) in [6, 6.07) is 0. The topological polar surface area (TPSA) is 20.2 Å². The molecule has 3 rings (SSSR count). The van der Waals surface area contributed by atoms with Gasteiger partial charge in [-0.1, -0.05) is 66.2 Å². The van der Waals surface area contributed by atoms with Crippen molar-refractivity contribution in [1.29, 1.82) is 0 Å². The van der Waals surface area contributed by atoms with Gasteiger partial charge in [0, 0.05) is 0 Å². The summed E-state index contributed by atoms with van der Waals surface area (Å²) >= 11 is 4.53. The van der Waals surface area contributed by atoms with E-state index in [0.29, 0.717) is 16.6 Å². The van der Waals surface area contributed by atoms with Gasteiger partial charge < -0.3 is 5.11 Å². The van der Waals surface area contributed by atoms with Gasteiger partial charge in [0.25, 0.3) is 0 Å². The molecule has 0 amide bonds. The molecule has 0 aromatic heterocycles. The SMILES string of the molecule is CC(S)CCC(C)CCCC1CCCC2C1CC(O)C1C[C@@H](C)CCC12C. The lowest BCUT2D eigenvalue weighted by atomic mass is 9.46. The number of aliphatic hydroxyl groups excluding tert-OH is 1. The largest absolute Gasteiger partial charge is 0.393 e. The third kappa shape index (κ3) is 5.08. The van der Waals surface area contributed by atoms with Gasteiger partial charge in [0.15, 0.2) is 0 Å². The Labute approximate surface area is 174 Å². The number of aliphatic hydroxyl groups is 1. The van der Waals surface area contributed by atoms with Gasteiger partial charge in [0.1, 0.15) is 0 Å². The number of fused-ring (bicyclic) bond motifs is 3. The second-order valence-corrected chi connectivity index (χ2v) is 12.1. The maximum Gasteiger partial charge on any atom is 0.0576 e. The standard InChI is InChI=1S/C25H46OS/c1-17(11-12-19(3)27)7-5-8-20-9-6-10-22-21(20)16-24(26)23-15-18(2)13-14-25(22,23)4/h17-24,26-27H,5-16H2,1-4H3/t17?,18-,19?,20?,21?,22?,23?,24?,25?/m0/s1. The van der Waals surface area contributed by atoms with Crippen LogP contribution in [0.2, 0.25) is 0 Å². The molecule has 0 spiro atoms. The molecule has 3 aliphatic carbocycles. The molecule has 27 heavy (non-hydrogen) atoms. The fourth-order valence-corrected chi connectivity index (χ4v) is 7.50. The first-order valence-electron chi connectivity index (χ1n) is 12.2. The van der Waals surface area contributed by atoms with E-state index in [1.54, 1.807) is 0 Å². The first-order valence-corrected chi connectivity index (χ1v) is 12.7. The van der Waals surface area contributed by atoms with Crippen molar-refractivity contribution in [3.05, 3.63) is 0 Å². The van der Waals surface area contributed by atoms with E-state index in [1.165, 1.54) is 70.6 Å². The molecule has 1 N–H and O–H groups in total. The number of rotatable bonds is 7. The molecule has 0 saturated heterocycles. The molecule has 3 fully saturated rings. The molecular formula is C25H46OS. The lowest BCUT2D eigenvalue weighted by molar-refractivity contribution is -0.143. The Morgan fingerprint density at radius 1 is 1.04 bits per heavy atom. The van der Waals surface area contributed by atoms with E-state index in [1.807, 2.05) is 0 Å². The van der Waals surface area contributed by atoms with Crippen LogP contribution in [0.1, 0.15) is 105 Å². The molecule has 0 aliphatic heterocycles. The smallest absolute Gasteiger partial charge is 0.0576 e. The van der Waals surface area contributed by atoms with E-state index >= 15 is 0 Å². The summed E-state index contributed by atoms with van der Waals surface area (Å²) in [4.78, 5) is 0. The minimum absolute atomic E-state index is 0.0320. The molecule has 9 atom stereocenters. The number of thiol groups is 1. The Hall–Kier alpha value is 0.310. The minimum atomic E-state index is -0.0320. The first-order chi connectivity index (χ1) is 12.8. The third-order valence-corrected chi connectivity index (χ3v) is 9.32. The molecule has 0 aromatic carbocycles. The van der Waals surface area contributed by atoms with Gasteiger partial charge in [-0.15, -0.1) is 0 Å². The molecule has 0 aromatic rings. The lowest BCUT2D eigenvalue weighted by Crippen LogP contribution is -2.55. The monoisotopic (exact) mass is 394 g/mol. The van der Waals surface area contributed by atoms with E-state index in [-0.39, 0.29) is 6.10 Å². The summed E-state index contributed by atoms with van der Waals surface area (Å²) in [6.45, 7) is 9.61. The van der Waals surface area contributed by atoms with Gasteiger partial charge in [-0.3, -0.25) is 0 Å². The molecular weight excluding hydrogens is 348 g/mol. The fraction of sp³-hybridized carbons (Fsp3) is 1.00. The van der Waals surface area contributed by atoms with Crippen molar-refractivity contribution in [2.45, 2.75) is 116 Å². The van der Waals surface area contributed by atoms with E-state index < -0.39 is 0 Å². The van der Waals surface area contributed by atoms with Crippen LogP contribution in [0.5, 0.6) is 0 Å². The molecule has 8 unspecified atom stereocenters.